The van der Waals surface area contributed by atoms with Gasteiger partial charge in [0.2, 0.25) is 0 Å². The lowest BCUT2D eigenvalue weighted by Crippen LogP contribution is -2.10. The maximum absolute atomic E-state index is 6.10. The maximum atomic E-state index is 6.10. The molecule has 100 valence electrons. The van der Waals surface area contributed by atoms with Crippen LogP contribution >= 0.6 is 27.5 Å². The van der Waals surface area contributed by atoms with Gasteiger partial charge in [0.05, 0.1) is 5.02 Å². The van der Waals surface area contributed by atoms with Crippen molar-refractivity contribution in [2.45, 2.75) is 0 Å². The molecule has 0 unspecified atom stereocenters. The zero-order chi connectivity index (χ0) is 13.7. The van der Waals surface area contributed by atoms with Gasteiger partial charge in [0.25, 0.3) is 0 Å². The smallest absolute Gasteiger partial charge is 0.149 e. The summed E-state index contributed by atoms with van der Waals surface area (Å²) in [7, 11) is 0. The normalized spacial score (nSPS) is 10.3. The number of nitrogens with zero attached hydrogens (tertiary/aromatic N) is 1. The lowest BCUT2D eigenvalue weighted by molar-refractivity contribution is 0.328. The summed E-state index contributed by atoms with van der Waals surface area (Å²) in [4.78, 5) is 4.21. The molecule has 0 spiro atoms. The first-order chi connectivity index (χ1) is 9.19. The number of nitrogens with two attached hydrogens (primary N) is 1. The summed E-state index contributed by atoms with van der Waals surface area (Å²) in [6.07, 6.45) is 1.68. The summed E-state index contributed by atoms with van der Waals surface area (Å²) < 4.78 is 6.29. The van der Waals surface area contributed by atoms with E-state index in [0.29, 0.717) is 24.0 Å². The molecule has 0 saturated carbocycles. The second-order valence-electron chi connectivity index (χ2n) is 3.77. The average Bonchev–Trinajstić information content (AvgIpc) is 2.40. The molecule has 0 saturated heterocycles. The number of hydrogen-bond acceptors (Lipinski definition) is 4. The minimum atomic E-state index is 0.484. The fraction of sp³-hybridized carbons (Fsp3) is 0.154. The standard InChI is InChI=1S/C13H13BrClN3O/c14-9-6-12(15)13(17-8-9)18-10-2-1-3-11(7-10)19-5-4-16/h1-3,6-8H,4-5,16H2,(H,17,18). The Hall–Kier alpha value is -1.30. The molecule has 0 fully saturated rings. The van der Waals surface area contributed by atoms with Gasteiger partial charge in [-0.05, 0) is 34.1 Å². The fourth-order valence-corrected chi connectivity index (χ4v) is 2.16. The highest BCUT2D eigenvalue weighted by Gasteiger charge is 2.04. The molecule has 6 heteroatoms. The summed E-state index contributed by atoms with van der Waals surface area (Å²) in [5.41, 5.74) is 6.25. The van der Waals surface area contributed by atoms with Crippen molar-refractivity contribution in [2.75, 3.05) is 18.5 Å². The van der Waals surface area contributed by atoms with Crippen LogP contribution in [0, 0.1) is 0 Å². The number of rotatable bonds is 5. The second kappa shape index (κ2) is 6.75. The first kappa shape index (κ1) is 14.1. The van der Waals surface area contributed by atoms with Crippen molar-refractivity contribution in [2.24, 2.45) is 5.73 Å². The van der Waals surface area contributed by atoms with E-state index >= 15 is 0 Å². The molecular formula is C13H13BrClN3O. The molecule has 0 bridgehead atoms. The van der Waals surface area contributed by atoms with E-state index in [-0.39, 0.29) is 0 Å². The van der Waals surface area contributed by atoms with Gasteiger partial charge in [0.15, 0.2) is 0 Å². The third-order valence-corrected chi connectivity index (χ3v) is 3.01. The molecule has 0 radical (unpaired) electrons. The van der Waals surface area contributed by atoms with Gasteiger partial charge < -0.3 is 15.8 Å². The largest absolute Gasteiger partial charge is 0.492 e. The van der Waals surface area contributed by atoms with E-state index in [1.165, 1.54) is 0 Å². The Morgan fingerprint density at radius 2 is 2.21 bits per heavy atom. The molecule has 3 N–H and O–H groups in total. The van der Waals surface area contributed by atoms with Gasteiger partial charge in [-0.3, -0.25) is 0 Å². The summed E-state index contributed by atoms with van der Waals surface area (Å²) in [5.74, 6) is 1.35. The van der Waals surface area contributed by atoms with Crippen molar-refractivity contribution in [3.05, 3.63) is 46.0 Å². The number of benzene rings is 1. The van der Waals surface area contributed by atoms with Crippen LogP contribution in [0.4, 0.5) is 11.5 Å². The Kier molecular flexibility index (Phi) is 5.01. The summed E-state index contributed by atoms with van der Waals surface area (Å²) >= 11 is 9.42. The van der Waals surface area contributed by atoms with Crippen LogP contribution in [0.5, 0.6) is 5.75 Å². The van der Waals surface area contributed by atoms with Gasteiger partial charge >= 0.3 is 0 Å². The van der Waals surface area contributed by atoms with Crippen LogP contribution in [0.25, 0.3) is 0 Å². The van der Waals surface area contributed by atoms with E-state index in [1.807, 2.05) is 24.3 Å². The molecule has 0 aliphatic heterocycles. The van der Waals surface area contributed by atoms with Crippen molar-refractivity contribution in [3.63, 3.8) is 0 Å². The first-order valence-electron chi connectivity index (χ1n) is 5.70. The van der Waals surface area contributed by atoms with Crippen molar-refractivity contribution in [1.29, 1.82) is 0 Å². The maximum Gasteiger partial charge on any atom is 0.149 e. The Labute approximate surface area is 125 Å². The van der Waals surface area contributed by atoms with Crippen LogP contribution < -0.4 is 15.8 Å². The van der Waals surface area contributed by atoms with E-state index in [4.69, 9.17) is 22.1 Å². The molecule has 0 aliphatic rings. The Morgan fingerprint density at radius 3 is 2.95 bits per heavy atom. The second-order valence-corrected chi connectivity index (χ2v) is 5.10. The Bertz CT molecular complexity index is 565. The van der Waals surface area contributed by atoms with Crippen LogP contribution in [-0.4, -0.2) is 18.1 Å². The third-order valence-electron chi connectivity index (χ3n) is 2.29. The van der Waals surface area contributed by atoms with Gasteiger partial charge in [-0.1, -0.05) is 17.7 Å². The SMILES string of the molecule is NCCOc1cccc(Nc2ncc(Br)cc2Cl)c1. The van der Waals surface area contributed by atoms with Crippen molar-refractivity contribution >= 4 is 39.0 Å². The van der Waals surface area contributed by atoms with Gasteiger partial charge in [0, 0.05) is 29.0 Å². The van der Waals surface area contributed by atoms with Crippen LogP contribution in [0.2, 0.25) is 5.02 Å². The fourth-order valence-electron chi connectivity index (χ4n) is 1.48. The number of aromatic nitrogens is 1. The van der Waals surface area contributed by atoms with E-state index in [2.05, 4.69) is 26.2 Å². The number of hydrogen-bond donors (Lipinski definition) is 2. The van der Waals surface area contributed by atoms with Gasteiger partial charge in [-0.25, -0.2) is 4.98 Å². The Morgan fingerprint density at radius 1 is 1.37 bits per heavy atom. The predicted molar refractivity (Wildman–Crippen MR) is 81.2 cm³/mol. The van der Waals surface area contributed by atoms with E-state index in [0.717, 1.165) is 15.9 Å². The number of anilines is 2. The molecule has 0 aliphatic carbocycles. The highest BCUT2D eigenvalue weighted by molar-refractivity contribution is 9.10. The zero-order valence-corrected chi connectivity index (χ0v) is 12.4. The van der Waals surface area contributed by atoms with Crippen LogP contribution in [0.3, 0.4) is 0 Å². The van der Waals surface area contributed by atoms with Crippen molar-refractivity contribution < 1.29 is 4.74 Å². The monoisotopic (exact) mass is 341 g/mol. The molecule has 2 aromatic rings. The minimum Gasteiger partial charge on any atom is -0.492 e. The summed E-state index contributed by atoms with van der Waals surface area (Å²) in [6.45, 7) is 0.971. The van der Waals surface area contributed by atoms with Gasteiger partial charge in [-0.2, -0.15) is 0 Å². The minimum absolute atomic E-state index is 0.484. The molecule has 1 aromatic heterocycles. The Balaban J connectivity index is 2.14. The predicted octanol–water partition coefficient (Wildman–Crippen LogP) is 3.58. The van der Waals surface area contributed by atoms with Crippen LogP contribution in [0.15, 0.2) is 41.0 Å². The first-order valence-corrected chi connectivity index (χ1v) is 6.87. The quantitative estimate of drug-likeness (QED) is 0.872. The molecule has 0 amide bonds. The lowest BCUT2D eigenvalue weighted by atomic mass is 10.3. The lowest BCUT2D eigenvalue weighted by Gasteiger charge is -2.10. The highest BCUT2D eigenvalue weighted by atomic mass is 79.9. The van der Waals surface area contributed by atoms with E-state index in [9.17, 15) is 0 Å². The molecule has 2 rings (SSSR count). The molecule has 0 atom stereocenters. The molecule has 19 heavy (non-hydrogen) atoms. The van der Waals surface area contributed by atoms with Gasteiger partial charge in [0.1, 0.15) is 18.2 Å². The zero-order valence-electron chi connectivity index (χ0n) is 10.1. The third kappa shape index (κ3) is 4.09. The topological polar surface area (TPSA) is 60.2 Å². The number of pyridine rings is 1. The van der Waals surface area contributed by atoms with Gasteiger partial charge in [-0.15, -0.1) is 0 Å². The summed E-state index contributed by atoms with van der Waals surface area (Å²) in [5, 5.41) is 3.69. The molecule has 1 aromatic carbocycles. The summed E-state index contributed by atoms with van der Waals surface area (Å²) in [6, 6.07) is 9.33. The molecular weight excluding hydrogens is 330 g/mol. The average molecular weight is 343 g/mol. The molecule has 1 heterocycles. The van der Waals surface area contributed by atoms with Crippen LogP contribution in [0.1, 0.15) is 0 Å². The number of nitrogens with one attached hydrogen (secondary N) is 1. The van der Waals surface area contributed by atoms with Crippen LogP contribution in [-0.2, 0) is 0 Å². The van der Waals surface area contributed by atoms with E-state index < -0.39 is 0 Å². The number of ether oxygens (including phenoxy) is 1. The molecule has 4 nitrogen and oxygen atoms in total. The van der Waals surface area contributed by atoms with Crippen molar-refractivity contribution in [3.8, 4) is 5.75 Å². The van der Waals surface area contributed by atoms with Crippen molar-refractivity contribution in [1.82, 2.24) is 4.98 Å². The number of halogens is 2. The van der Waals surface area contributed by atoms with E-state index in [1.54, 1.807) is 12.3 Å². The highest BCUT2D eigenvalue weighted by Crippen LogP contribution is 2.27.